The largest absolute Gasteiger partial charge is 0.469 e. The molecule has 0 radical (unpaired) electrons. The average Bonchev–Trinajstić information content (AvgIpc) is 2.42. The molecule has 0 N–H and O–H groups in total. The summed E-state index contributed by atoms with van der Waals surface area (Å²) in [6.45, 7) is 2.17. The van der Waals surface area contributed by atoms with Gasteiger partial charge in [0.2, 0.25) is 0 Å². The number of unbranched alkanes of at least 4 members (excludes halogenated alkanes) is 5. The third-order valence-electron chi connectivity index (χ3n) is 3.31. The number of esters is 1. The van der Waals surface area contributed by atoms with Crippen molar-refractivity contribution in [2.24, 2.45) is 0 Å². The normalized spacial score (nSPS) is 14.1. The van der Waals surface area contributed by atoms with Gasteiger partial charge in [-0.25, -0.2) is 0 Å². The first-order valence-corrected chi connectivity index (χ1v) is 8.34. The van der Waals surface area contributed by atoms with Crippen molar-refractivity contribution in [1.82, 2.24) is 0 Å². The summed E-state index contributed by atoms with van der Waals surface area (Å²) in [4.78, 5) is 10.9. The molecule has 0 bridgehead atoms. The highest BCUT2D eigenvalue weighted by molar-refractivity contribution is 6.29. The lowest BCUT2D eigenvalue weighted by Crippen LogP contribution is -2.14. The van der Waals surface area contributed by atoms with Gasteiger partial charge in [-0.2, -0.15) is 0 Å². The molecule has 0 saturated heterocycles. The predicted molar refractivity (Wildman–Crippen MR) is 83.1 cm³/mol. The van der Waals surface area contributed by atoms with E-state index in [4.69, 9.17) is 23.2 Å². The van der Waals surface area contributed by atoms with Crippen molar-refractivity contribution in [3.63, 3.8) is 0 Å². The van der Waals surface area contributed by atoms with Gasteiger partial charge in [0.1, 0.15) is 0 Å². The van der Waals surface area contributed by atoms with E-state index in [-0.39, 0.29) is 16.7 Å². The first-order chi connectivity index (χ1) is 9.11. The maximum atomic E-state index is 10.9. The molecule has 0 aliphatic carbocycles. The quantitative estimate of drug-likeness (QED) is 0.278. The van der Waals surface area contributed by atoms with Gasteiger partial charge in [0.15, 0.2) is 0 Å². The van der Waals surface area contributed by atoms with E-state index in [0.29, 0.717) is 6.42 Å². The highest BCUT2D eigenvalue weighted by Gasteiger charge is 2.15. The molecule has 2 nitrogen and oxygen atoms in total. The molecule has 0 unspecified atom stereocenters. The van der Waals surface area contributed by atoms with Gasteiger partial charge in [-0.3, -0.25) is 4.79 Å². The molecule has 0 rings (SSSR count). The monoisotopic (exact) mass is 310 g/mol. The van der Waals surface area contributed by atoms with Crippen LogP contribution in [0, 0.1) is 0 Å². The summed E-state index contributed by atoms with van der Waals surface area (Å²) in [6.07, 6.45) is 10.3. The van der Waals surface area contributed by atoms with Gasteiger partial charge in [0, 0.05) is 17.2 Å². The summed E-state index contributed by atoms with van der Waals surface area (Å²) in [5.74, 6) is -0.110. The number of carbonyl (C=O) groups is 1. The minimum Gasteiger partial charge on any atom is -0.469 e. The molecule has 0 spiro atoms. The molecule has 0 aliphatic rings. The van der Waals surface area contributed by atoms with Crippen LogP contribution in [0.25, 0.3) is 0 Å². The molecule has 2 atom stereocenters. The van der Waals surface area contributed by atoms with E-state index < -0.39 is 0 Å². The summed E-state index contributed by atoms with van der Waals surface area (Å²) in [7, 11) is 1.43. The molecule has 0 aromatic heterocycles. The van der Waals surface area contributed by atoms with Gasteiger partial charge in [0.05, 0.1) is 7.11 Å². The van der Waals surface area contributed by atoms with Crippen LogP contribution in [-0.4, -0.2) is 23.8 Å². The van der Waals surface area contributed by atoms with Gasteiger partial charge in [-0.1, -0.05) is 45.4 Å². The van der Waals surface area contributed by atoms with Crippen LogP contribution in [0.5, 0.6) is 0 Å². The first-order valence-electron chi connectivity index (χ1n) is 7.46. The lowest BCUT2D eigenvalue weighted by atomic mass is 10.0. The Hall–Kier alpha value is 0.0500. The number of hydrogen-bond acceptors (Lipinski definition) is 2. The van der Waals surface area contributed by atoms with Crippen molar-refractivity contribution in [3.8, 4) is 0 Å². The molecule has 0 aromatic rings. The lowest BCUT2D eigenvalue weighted by molar-refractivity contribution is -0.140. The van der Waals surface area contributed by atoms with Crippen molar-refractivity contribution >= 4 is 29.2 Å². The van der Waals surface area contributed by atoms with Crippen molar-refractivity contribution in [2.45, 2.75) is 81.9 Å². The second-order valence-electron chi connectivity index (χ2n) is 5.06. The molecule has 114 valence electrons. The summed E-state index contributed by atoms with van der Waals surface area (Å²) in [6, 6.07) is 0. The van der Waals surface area contributed by atoms with E-state index in [1.807, 2.05) is 0 Å². The smallest absolute Gasteiger partial charge is 0.305 e. The Morgan fingerprint density at radius 2 is 1.47 bits per heavy atom. The zero-order chi connectivity index (χ0) is 14.5. The van der Waals surface area contributed by atoms with E-state index in [9.17, 15) is 4.79 Å². The highest BCUT2D eigenvalue weighted by Crippen LogP contribution is 2.22. The van der Waals surface area contributed by atoms with E-state index in [0.717, 1.165) is 44.9 Å². The highest BCUT2D eigenvalue weighted by atomic mass is 35.5. The number of alkyl halides is 2. The molecule has 19 heavy (non-hydrogen) atoms. The van der Waals surface area contributed by atoms with E-state index >= 15 is 0 Å². The predicted octanol–water partition coefficient (Wildman–Crippen LogP) is 5.30. The Kier molecular flexibility index (Phi) is 13.1. The third kappa shape index (κ3) is 11.6. The molecular formula is C15H28Cl2O2. The topological polar surface area (TPSA) is 26.3 Å². The molecule has 0 aromatic carbocycles. The SMILES string of the molecule is CCCC[C@@H](Cl)[C@@H](Cl)CCCCCCCC(=O)OC. The summed E-state index contributed by atoms with van der Waals surface area (Å²) >= 11 is 12.5. The van der Waals surface area contributed by atoms with Crippen LogP contribution in [0.2, 0.25) is 0 Å². The molecule has 0 fully saturated rings. The third-order valence-corrected chi connectivity index (χ3v) is 4.49. The van der Waals surface area contributed by atoms with Crippen molar-refractivity contribution in [2.75, 3.05) is 7.11 Å². The maximum Gasteiger partial charge on any atom is 0.305 e. The summed E-state index contributed by atoms with van der Waals surface area (Å²) in [5, 5.41) is 0.212. The first kappa shape index (κ1) is 19.1. The van der Waals surface area contributed by atoms with Gasteiger partial charge in [-0.15, -0.1) is 23.2 Å². The number of hydrogen-bond donors (Lipinski definition) is 0. The Bertz CT molecular complexity index is 222. The van der Waals surface area contributed by atoms with Crippen LogP contribution in [-0.2, 0) is 9.53 Å². The standard InChI is InChI=1S/C15H28Cl2O2/c1-3-4-10-13(16)14(17)11-8-6-5-7-9-12-15(18)19-2/h13-14H,3-12H2,1-2H3/t13-,14+/m1/s1. The Morgan fingerprint density at radius 1 is 0.947 bits per heavy atom. The van der Waals surface area contributed by atoms with Gasteiger partial charge >= 0.3 is 5.97 Å². The van der Waals surface area contributed by atoms with Crippen molar-refractivity contribution < 1.29 is 9.53 Å². The van der Waals surface area contributed by atoms with E-state index in [1.54, 1.807) is 0 Å². The fourth-order valence-corrected chi connectivity index (χ4v) is 2.56. The van der Waals surface area contributed by atoms with Gasteiger partial charge in [-0.05, 0) is 19.3 Å². The summed E-state index contributed by atoms with van der Waals surface area (Å²) in [5.41, 5.74) is 0. The van der Waals surface area contributed by atoms with Crippen LogP contribution in [0.15, 0.2) is 0 Å². The number of halogens is 2. The van der Waals surface area contributed by atoms with Crippen molar-refractivity contribution in [3.05, 3.63) is 0 Å². The number of methoxy groups -OCH3 is 1. The van der Waals surface area contributed by atoms with Crippen molar-refractivity contribution in [1.29, 1.82) is 0 Å². The van der Waals surface area contributed by atoms with Crippen LogP contribution in [0.4, 0.5) is 0 Å². The van der Waals surface area contributed by atoms with Crippen LogP contribution in [0.1, 0.15) is 71.1 Å². The second kappa shape index (κ2) is 13.1. The Morgan fingerprint density at radius 3 is 2.05 bits per heavy atom. The second-order valence-corrected chi connectivity index (χ2v) is 6.18. The van der Waals surface area contributed by atoms with Gasteiger partial charge in [0.25, 0.3) is 0 Å². The van der Waals surface area contributed by atoms with Crippen LogP contribution >= 0.6 is 23.2 Å². The fourth-order valence-electron chi connectivity index (χ4n) is 2.00. The minimum absolute atomic E-state index is 0.100. The molecule has 0 saturated carbocycles. The molecule has 0 amide bonds. The van der Waals surface area contributed by atoms with Gasteiger partial charge < -0.3 is 4.74 Å². The molecule has 4 heteroatoms. The number of rotatable bonds is 12. The lowest BCUT2D eigenvalue weighted by Gasteiger charge is -2.15. The Balaban J connectivity index is 3.35. The molecule has 0 heterocycles. The Labute approximate surface area is 128 Å². The average molecular weight is 311 g/mol. The molecular weight excluding hydrogens is 283 g/mol. The fraction of sp³-hybridized carbons (Fsp3) is 0.933. The molecule has 0 aliphatic heterocycles. The van der Waals surface area contributed by atoms with Crippen LogP contribution in [0.3, 0.4) is 0 Å². The van der Waals surface area contributed by atoms with E-state index in [2.05, 4.69) is 11.7 Å². The zero-order valence-electron chi connectivity index (χ0n) is 12.3. The number of carbonyl (C=O) groups excluding carboxylic acids is 1. The maximum absolute atomic E-state index is 10.9. The summed E-state index contributed by atoms with van der Waals surface area (Å²) < 4.78 is 4.60. The van der Waals surface area contributed by atoms with Crippen LogP contribution < -0.4 is 0 Å². The van der Waals surface area contributed by atoms with E-state index in [1.165, 1.54) is 20.0 Å². The zero-order valence-corrected chi connectivity index (χ0v) is 13.8. The number of ether oxygens (including phenoxy) is 1. The minimum atomic E-state index is -0.110.